The van der Waals surface area contributed by atoms with E-state index in [9.17, 15) is 4.79 Å². The maximum atomic E-state index is 12.3. The lowest BCUT2D eigenvalue weighted by atomic mass is 10.1. The molecule has 3 rings (SSSR count). The quantitative estimate of drug-likeness (QED) is 0.728. The molecule has 0 aliphatic heterocycles. The molecule has 2 aromatic carbocycles. The van der Waals surface area contributed by atoms with Crippen molar-refractivity contribution in [1.82, 2.24) is 20.4 Å². The second kappa shape index (κ2) is 7.77. The fraction of sp³-hybridized carbons (Fsp3) is 0.200. The standard InChI is InChI=1S/C20H22N4O/c1-24(2)14-16-10-8-15(9-11-16)13-21-20(25)19-12-18(22-23-19)17-6-4-3-5-7-17/h3-12H,13-14H2,1-2H3,(H,21,25)(H,22,23). The van der Waals surface area contributed by atoms with Gasteiger partial charge in [0.15, 0.2) is 0 Å². The molecule has 3 aromatic rings. The fourth-order valence-corrected chi connectivity index (χ4v) is 2.60. The summed E-state index contributed by atoms with van der Waals surface area (Å²) < 4.78 is 0. The maximum absolute atomic E-state index is 12.3. The smallest absolute Gasteiger partial charge is 0.269 e. The molecule has 128 valence electrons. The Morgan fingerprint density at radius 2 is 1.72 bits per heavy atom. The molecular weight excluding hydrogens is 312 g/mol. The lowest BCUT2D eigenvalue weighted by Crippen LogP contribution is -2.23. The molecule has 1 heterocycles. The largest absolute Gasteiger partial charge is 0.347 e. The fourth-order valence-electron chi connectivity index (χ4n) is 2.60. The van der Waals surface area contributed by atoms with E-state index >= 15 is 0 Å². The number of aromatic amines is 1. The molecule has 2 N–H and O–H groups in total. The Kier molecular flexibility index (Phi) is 5.26. The van der Waals surface area contributed by atoms with Crippen molar-refractivity contribution in [2.24, 2.45) is 0 Å². The van der Waals surface area contributed by atoms with Crippen LogP contribution in [0.5, 0.6) is 0 Å². The third-order valence-corrected chi connectivity index (χ3v) is 3.87. The summed E-state index contributed by atoms with van der Waals surface area (Å²) in [5, 5.41) is 9.93. The van der Waals surface area contributed by atoms with Crippen LogP contribution >= 0.6 is 0 Å². The van der Waals surface area contributed by atoms with Gasteiger partial charge in [0.2, 0.25) is 0 Å². The average Bonchev–Trinajstić information content (AvgIpc) is 3.11. The summed E-state index contributed by atoms with van der Waals surface area (Å²) in [5.41, 5.74) is 4.52. The number of rotatable bonds is 6. The van der Waals surface area contributed by atoms with Crippen LogP contribution in [0.25, 0.3) is 11.3 Å². The summed E-state index contributed by atoms with van der Waals surface area (Å²) in [4.78, 5) is 14.4. The molecule has 25 heavy (non-hydrogen) atoms. The monoisotopic (exact) mass is 334 g/mol. The van der Waals surface area contributed by atoms with Gasteiger partial charge in [-0.05, 0) is 31.3 Å². The highest BCUT2D eigenvalue weighted by atomic mass is 16.1. The van der Waals surface area contributed by atoms with Crippen LogP contribution in [0.15, 0.2) is 60.7 Å². The Morgan fingerprint density at radius 3 is 2.40 bits per heavy atom. The predicted octanol–water partition coefficient (Wildman–Crippen LogP) is 3.07. The minimum absolute atomic E-state index is 0.160. The topological polar surface area (TPSA) is 61.0 Å². The zero-order chi connectivity index (χ0) is 17.6. The lowest BCUT2D eigenvalue weighted by molar-refractivity contribution is 0.0946. The average molecular weight is 334 g/mol. The van der Waals surface area contributed by atoms with Gasteiger partial charge in [-0.1, -0.05) is 54.6 Å². The molecule has 5 heteroatoms. The Balaban J connectivity index is 1.59. The van der Waals surface area contributed by atoms with Crippen molar-refractivity contribution < 1.29 is 4.79 Å². The summed E-state index contributed by atoms with van der Waals surface area (Å²) >= 11 is 0. The first-order chi connectivity index (χ1) is 12.1. The van der Waals surface area contributed by atoms with E-state index in [4.69, 9.17) is 0 Å². The maximum Gasteiger partial charge on any atom is 0.269 e. The molecule has 0 unspecified atom stereocenters. The number of hydrogen-bond donors (Lipinski definition) is 2. The van der Waals surface area contributed by atoms with Crippen LogP contribution in [0.3, 0.4) is 0 Å². The first kappa shape index (κ1) is 16.9. The SMILES string of the molecule is CN(C)Cc1ccc(CNC(=O)c2cc(-c3ccccc3)n[nH]2)cc1. The van der Waals surface area contributed by atoms with Crippen LogP contribution in [0.4, 0.5) is 0 Å². The van der Waals surface area contributed by atoms with E-state index in [1.807, 2.05) is 56.6 Å². The molecule has 0 fully saturated rings. The number of carbonyl (C=O) groups is 1. The highest BCUT2D eigenvalue weighted by Gasteiger charge is 2.10. The molecule has 0 aliphatic rings. The van der Waals surface area contributed by atoms with Gasteiger partial charge in [0.1, 0.15) is 5.69 Å². The Morgan fingerprint density at radius 1 is 1.04 bits per heavy atom. The zero-order valence-electron chi connectivity index (χ0n) is 14.5. The molecular formula is C20H22N4O. The first-order valence-corrected chi connectivity index (χ1v) is 8.23. The van der Waals surface area contributed by atoms with Crippen molar-refractivity contribution in [3.05, 3.63) is 77.5 Å². The molecule has 0 saturated heterocycles. The highest BCUT2D eigenvalue weighted by Crippen LogP contribution is 2.16. The van der Waals surface area contributed by atoms with E-state index in [2.05, 4.69) is 32.5 Å². The molecule has 0 saturated carbocycles. The van der Waals surface area contributed by atoms with E-state index in [1.165, 1.54) is 5.56 Å². The predicted molar refractivity (Wildman–Crippen MR) is 99.0 cm³/mol. The second-order valence-electron chi connectivity index (χ2n) is 6.27. The lowest BCUT2D eigenvalue weighted by Gasteiger charge is -2.10. The van der Waals surface area contributed by atoms with Crippen LogP contribution < -0.4 is 5.32 Å². The number of H-pyrrole nitrogens is 1. The summed E-state index contributed by atoms with van der Waals surface area (Å²) in [5.74, 6) is -0.160. The van der Waals surface area contributed by atoms with Gasteiger partial charge in [-0.3, -0.25) is 9.89 Å². The normalized spacial score (nSPS) is 10.8. The molecule has 0 bridgehead atoms. The van der Waals surface area contributed by atoms with Gasteiger partial charge in [0.05, 0.1) is 5.69 Å². The number of hydrogen-bond acceptors (Lipinski definition) is 3. The van der Waals surface area contributed by atoms with Gasteiger partial charge in [0.25, 0.3) is 5.91 Å². The van der Waals surface area contributed by atoms with E-state index < -0.39 is 0 Å². The van der Waals surface area contributed by atoms with E-state index in [1.54, 1.807) is 6.07 Å². The van der Waals surface area contributed by atoms with Crippen molar-refractivity contribution in [2.75, 3.05) is 14.1 Å². The van der Waals surface area contributed by atoms with Crippen LogP contribution in [0.2, 0.25) is 0 Å². The number of nitrogens with one attached hydrogen (secondary N) is 2. The van der Waals surface area contributed by atoms with Gasteiger partial charge in [-0.25, -0.2) is 0 Å². The molecule has 1 amide bonds. The van der Waals surface area contributed by atoms with Crippen molar-refractivity contribution >= 4 is 5.91 Å². The third kappa shape index (κ3) is 4.55. The van der Waals surface area contributed by atoms with Crippen LogP contribution in [-0.2, 0) is 13.1 Å². The molecule has 0 atom stereocenters. The molecule has 0 spiro atoms. The molecule has 0 radical (unpaired) electrons. The van der Waals surface area contributed by atoms with Crippen LogP contribution in [0, 0.1) is 0 Å². The van der Waals surface area contributed by atoms with Crippen molar-refractivity contribution in [1.29, 1.82) is 0 Å². The van der Waals surface area contributed by atoms with Crippen molar-refractivity contribution in [2.45, 2.75) is 13.1 Å². The van der Waals surface area contributed by atoms with Crippen LogP contribution in [-0.4, -0.2) is 35.1 Å². The Labute approximate surface area is 147 Å². The number of carbonyl (C=O) groups excluding carboxylic acids is 1. The Bertz CT molecular complexity index is 822. The summed E-state index contributed by atoms with van der Waals surface area (Å²) in [7, 11) is 4.09. The Hall–Kier alpha value is -2.92. The number of amides is 1. The minimum Gasteiger partial charge on any atom is -0.347 e. The zero-order valence-corrected chi connectivity index (χ0v) is 14.5. The first-order valence-electron chi connectivity index (χ1n) is 8.23. The number of aromatic nitrogens is 2. The molecule has 1 aromatic heterocycles. The summed E-state index contributed by atoms with van der Waals surface area (Å²) in [6, 6.07) is 19.8. The molecule has 5 nitrogen and oxygen atoms in total. The number of nitrogens with zero attached hydrogens (tertiary/aromatic N) is 2. The van der Waals surface area contributed by atoms with Crippen molar-refractivity contribution in [3.63, 3.8) is 0 Å². The van der Waals surface area contributed by atoms with E-state index in [0.29, 0.717) is 12.2 Å². The minimum atomic E-state index is -0.160. The molecule has 0 aliphatic carbocycles. The van der Waals surface area contributed by atoms with Crippen LogP contribution in [0.1, 0.15) is 21.6 Å². The van der Waals surface area contributed by atoms with Crippen molar-refractivity contribution in [3.8, 4) is 11.3 Å². The van der Waals surface area contributed by atoms with Gasteiger partial charge in [0, 0.05) is 18.7 Å². The van der Waals surface area contributed by atoms with Gasteiger partial charge >= 0.3 is 0 Å². The summed E-state index contributed by atoms with van der Waals surface area (Å²) in [6.45, 7) is 1.39. The number of benzene rings is 2. The van der Waals surface area contributed by atoms with Gasteiger partial charge in [-0.2, -0.15) is 5.10 Å². The summed E-state index contributed by atoms with van der Waals surface area (Å²) in [6.07, 6.45) is 0. The second-order valence-corrected chi connectivity index (χ2v) is 6.27. The highest BCUT2D eigenvalue weighted by molar-refractivity contribution is 5.93. The van der Waals surface area contributed by atoms with E-state index in [-0.39, 0.29) is 5.91 Å². The third-order valence-electron chi connectivity index (χ3n) is 3.87. The van der Waals surface area contributed by atoms with Gasteiger partial charge < -0.3 is 10.2 Å². The van der Waals surface area contributed by atoms with Gasteiger partial charge in [-0.15, -0.1) is 0 Å². The van der Waals surface area contributed by atoms with E-state index in [0.717, 1.165) is 23.4 Å².